The van der Waals surface area contributed by atoms with Crippen molar-refractivity contribution in [2.45, 2.75) is 0 Å². The van der Waals surface area contributed by atoms with Crippen LogP contribution < -0.4 is 0 Å². The van der Waals surface area contributed by atoms with Gasteiger partial charge in [0.05, 0.1) is 12.7 Å². The third-order valence-electron chi connectivity index (χ3n) is 2.16. The molecule has 0 N–H and O–H groups in total. The number of nitrogens with zero attached hydrogens (tertiary/aromatic N) is 2. The summed E-state index contributed by atoms with van der Waals surface area (Å²) in [4.78, 5) is 19.2. The van der Waals surface area contributed by atoms with E-state index in [0.717, 1.165) is 0 Å². The third-order valence-corrected chi connectivity index (χ3v) is 2.16. The largest absolute Gasteiger partial charge is 0.464 e. The number of halogens is 1. The molecular formula is C12H9FN2O2. The zero-order valence-corrected chi connectivity index (χ0v) is 9.05. The molecule has 4 nitrogen and oxygen atoms in total. The first-order chi connectivity index (χ1) is 8.22. The van der Waals surface area contributed by atoms with Gasteiger partial charge in [-0.15, -0.1) is 0 Å². The molecule has 0 aliphatic carbocycles. The number of hydrogen-bond acceptors (Lipinski definition) is 4. The molecule has 0 aliphatic heterocycles. The number of carbonyl (C=O) groups is 1. The molecule has 0 fully saturated rings. The molecule has 0 spiro atoms. The van der Waals surface area contributed by atoms with Gasteiger partial charge in [-0.3, -0.25) is 0 Å². The zero-order valence-electron chi connectivity index (χ0n) is 9.05. The van der Waals surface area contributed by atoms with E-state index >= 15 is 0 Å². The molecular weight excluding hydrogens is 223 g/mol. The van der Waals surface area contributed by atoms with Crippen LogP contribution in [-0.4, -0.2) is 23.0 Å². The van der Waals surface area contributed by atoms with E-state index in [1.165, 1.54) is 25.4 Å². The number of methoxy groups -OCH3 is 1. The third kappa shape index (κ3) is 2.28. The van der Waals surface area contributed by atoms with Crippen LogP contribution in [0, 0.1) is 5.82 Å². The van der Waals surface area contributed by atoms with Crippen LogP contribution in [0.3, 0.4) is 0 Å². The van der Waals surface area contributed by atoms with Gasteiger partial charge < -0.3 is 4.74 Å². The first-order valence-corrected chi connectivity index (χ1v) is 4.88. The van der Waals surface area contributed by atoms with Crippen LogP contribution in [0.25, 0.3) is 11.4 Å². The fourth-order valence-corrected chi connectivity index (χ4v) is 1.35. The summed E-state index contributed by atoms with van der Waals surface area (Å²) < 4.78 is 18.0. The number of esters is 1. The lowest BCUT2D eigenvalue weighted by atomic mass is 10.2. The van der Waals surface area contributed by atoms with Crippen LogP contribution in [0.5, 0.6) is 0 Å². The number of benzene rings is 1. The molecule has 0 atom stereocenters. The van der Waals surface area contributed by atoms with Gasteiger partial charge >= 0.3 is 5.97 Å². The standard InChI is InChI=1S/C12H9FN2O2/c1-17-12(16)10-6-7-14-11(15-10)8-4-2-3-5-9(8)13/h2-7H,1H3. The molecule has 5 heteroatoms. The maximum absolute atomic E-state index is 13.5. The van der Waals surface area contributed by atoms with Crippen LogP contribution in [0.1, 0.15) is 10.5 Å². The second-order valence-corrected chi connectivity index (χ2v) is 3.24. The molecule has 1 aromatic heterocycles. The zero-order chi connectivity index (χ0) is 12.3. The first-order valence-electron chi connectivity index (χ1n) is 4.88. The summed E-state index contributed by atoms with van der Waals surface area (Å²) in [7, 11) is 1.26. The number of rotatable bonds is 2. The van der Waals surface area contributed by atoms with Gasteiger partial charge in [-0.1, -0.05) is 12.1 Å². The van der Waals surface area contributed by atoms with E-state index in [-0.39, 0.29) is 17.1 Å². The van der Waals surface area contributed by atoms with E-state index < -0.39 is 11.8 Å². The minimum absolute atomic E-state index is 0.0979. The van der Waals surface area contributed by atoms with Gasteiger partial charge in [-0.2, -0.15) is 0 Å². The summed E-state index contributed by atoms with van der Waals surface area (Å²) >= 11 is 0. The van der Waals surface area contributed by atoms with E-state index in [1.54, 1.807) is 18.2 Å². The molecule has 0 saturated carbocycles. The molecule has 0 unspecified atom stereocenters. The van der Waals surface area contributed by atoms with Crippen molar-refractivity contribution in [3.8, 4) is 11.4 Å². The average Bonchev–Trinajstić information content (AvgIpc) is 2.38. The van der Waals surface area contributed by atoms with Crippen molar-refractivity contribution in [1.29, 1.82) is 0 Å². The highest BCUT2D eigenvalue weighted by Gasteiger charge is 2.11. The molecule has 0 saturated heterocycles. The Balaban J connectivity index is 2.47. The van der Waals surface area contributed by atoms with E-state index in [1.807, 2.05) is 0 Å². The SMILES string of the molecule is COC(=O)c1ccnc(-c2ccccc2F)n1. The lowest BCUT2D eigenvalue weighted by molar-refractivity contribution is 0.0594. The fourth-order valence-electron chi connectivity index (χ4n) is 1.35. The molecule has 2 rings (SSSR count). The number of hydrogen-bond donors (Lipinski definition) is 0. The van der Waals surface area contributed by atoms with Crippen molar-refractivity contribution in [3.63, 3.8) is 0 Å². The lowest BCUT2D eigenvalue weighted by Crippen LogP contribution is -2.06. The Morgan fingerprint density at radius 1 is 1.29 bits per heavy atom. The topological polar surface area (TPSA) is 52.1 Å². The summed E-state index contributed by atoms with van der Waals surface area (Å²) in [6.07, 6.45) is 1.39. The summed E-state index contributed by atoms with van der Waals surface area (Å²) in [6, 6.07) is 7.51. The van der Waals surface area contributed by atoms with Crippen molar-refractivity contribution in [1.82, 2.24) is 9.97 Å². The molecule has 17 heavy (non-hydrogen) atoms. The highest BCUT2D eigenvalue weighted by Crippen LogP contribution is 2.18. The average molecular weight is 232 g/mol. The van der Waals surface area contributed by atoms with E-state index in [0.29, 0.717) is 0 Å². The Bertz CT molecular complexity index is 558. The minimum atomic E-state index is -0.579. The van der Waals surface area contributed by atoms with Gasteiger partial charge in [0.2, 0.25) is 0 Å². The number of ether oxygens (including phenoxy) is 1. The Kier molecular flexibility index (Phi) is 3.09. The quantitative estimate of drug-likeness (QED) is 0.744. The van der Waals surface area contributed by atoms with Crippen LogP contribution >= 0.6 is 0 Å². The Hall–Kier alpha value is -2.30. The molecule has 86 valence electrons. The van der Waals surface area contributed by atoms with E-state index in [2.05, 4.69) is 14.7 Å². The second-order valence-electron chi connectivity index (χ2n) is 3.24. The van der Waals surface area contributed by atoms with Crippen molar-refractivity contribution in [3.05, 3.63) is 48.0 Å². The van der Waals surface area contributed by atoms with Gasteiger partial charge in [0.1, 0.15) is 5.82 Å². The van der Waals surface area contributed by atoms with Gasteiger partial charge in [0.15, 0.2) is 11.5 Å². The summed E-state index contributed by atoms with van der Waals surface area (Å²) in [5, 5.41) is 0. The van der Waals surface area contributed by atoms with Crippen LogP contribution in [-0.2, 0) is 4.74 Å². The Labute approximate surface area is 97.1 Å². The van der Waals surface area contributed by atoms with E-state index in [9.17, 15) is 9.18 Å². The highest BCUT2D eigenvalue weighted by molar-refractivity contribution is 5.87. The lowest BCUT2D eigenvalue weighted by Gasteiger charge is -2.03. The second kappa shape index (κ2) is 4.69. The predicted molar refractivity (Wildman–Crippen MR) is 58.8 cm³/mol. The van der Waals surface area contributed by atoms with E-state index in [4.69, 9.17) is 0 Å². The maximum Gasteiger partial charge on any atom is 0.356 e. The first kappa shape index (κ1) is 11.2. The summed E-state index contributed by atoms with van der Waals surface area (Å²) in [5.41, 5.74) is 0.346. The smallest absolute Gasteiger partial charge is 0.356 e. The Morgan fingerprint density at radius 3 is 2.76 bits per heavy atom. The molecule has 0 aliphatic rings. The van der Waals surface area contributed by atoms with Crippen molar-refractivity contribution in [2.75, 3.05) is 7.11 Å². The molecule has 1 aromatic carbocycles. The predicted octanol–water partition coefficient (Wildman–Crippen LogP) is 2.07. The number of aromatic nitrogens is 2. The van der Waals surface area contributed by atoms with Gasteiger partial charge in [0.25, 0.3) is 0 Å². The summed E-state index contributed by atoms with van der Waals surface area (Å²) in [5.74, 6) is -0.856. The normalized spacial score (nSPS) is 10.0. The fraction of sp³-hybridized carbons (Fsp3) is 0.0833. The van der Waals surface area contributed by atoms with Crippen LogP contribution in [0.4, 0.5) is 4.39 Å². The van der Waals surface area contributed by atoms with Gasteiger partial charge in [-0.05, 0) is 18.2 Å². The van der Waals surface area contributed by atoms with Gasteiger partial charge in [0, 0.05) is 6.20 Å². The monoisotopic (exact) mass is 232 g/mol. The van der Waals surface area contributed by atoms with Crippen molar-refractivity contribution >= 4 is 5.97 Å². The van der Waals surface area contributed by atoms with Crippen molar-refractivity contribution in [2.24, 2.45) is 0 Å². The molecule has 0 radical (unpaired) electrons. The van der Waals surface area contributed by atoms with Crippen molar-refractivity contribution < 1.29 is 13.9 Å². The highest BCUT2D eigenvalue weighted by atomic mass is 19.1. The molecule has 0 bridgehead atoms. The molecule has 0 amide bonds. The van der Waals surface area contributed by atoms with Gasteiger partial charge in [-0.25, -0.2) is 19.2 Å². The molecule has 2 aromatic rings. The summed E-state index contributed by atoms with van der Waals surface area (Å²) in [6.45, 7) is 0. The maximum atomic E-state index is 13.5. The number of carbonyl (C=O) groups excluding carboxylic acids is 1. The minimum Gasteiger partial charge on any atom is -0.464 e. The van der Waals surface area contributed by atoms with Crippen LogP contribution in [0.15, 0.2) is 36.5 Å². The molecule has 1 heterocycles. The van der Waals surface area contributed by atoms with Crippen LogP contribution in [0.2, 0.25) is 0 Å². The Morgan fingerprint density at radius 2 is 2.06 bits per heavy atom.